The van der Waals surface area contributed by atoms with Gasteiger partial charge in [0, 0.05) is 16.6 Å². The molecule has 0 unspecified atom stereocenters. The predicted octanol–water partition coefficient (Wildman–Crippen LogP) is 4.27. The molecule has 2 N–H and O–H groups in total. The first-order chi connectivity index (χ1) is 11.3. The standard InChI is InChI=1S/C16H11BrF3N3O/c17-11-3-1-2-9(6-11)8-21-14(24)10-4-5-12-13(7-10)23-15(22-12)16(18,19)20/h1-7H,8H2,(H,21,24)(H,22,23). The van der Waals surface area contributed by atoms with Crippen molar-refractivity contribution in [3.05, 3.63) is 63.9 Å². The Hall–Kier alpha value is -2.35. The minimum atomic E-state index is -4.55. The number of halogens is 4. The number of nitrogens with zero attached hydrogens (tertiary/aromatic N) is 1. The van der Waals surface area contributed by atoms with Crippen LogP contribution in [0.4, 0.5) is 13.2 Å². The lowest BCUT2D eigenvalue weighted by Crippen LogP contribution is -2.22. The van der Waals surface area contributed by atoms with Crippen LogP contribution in [0.2, 0.25) is 0 Å². The number of aromatic nitrogens is 2. The minimum Gasteiger partial charge on any atom is -0.348 e. The molecule has 1 heterocycles. The number of carbonyl (C=O) groups is 1. The van der Waals surface area contributed by atoms with E-state index in [4.69, 9.17) is 0 Å². The summed E-state index contributed by atoms with van der Waals surface area (Å²) in [6.07, 6.45) is -4.55. The van der Waals surface area contributed by atoms with Gasteiger partial charge in [-0.1, -0.05) is 28.1 Å². The topological polar surface area (TPSA) is 57.8 Å². The molecule has 8 heteroatoms. The summed E-state index contributed by atoms with van der Waals surface area (Å²) in [6, 6.07) is 11.6. The van der Waals surface area contributed by atoms with Crippen LogP contribution in [-0.4, -0.2) is 15.9 Å². The van der Waals surface area contributed by atoms with E-state index in [1.807, 2.05) is 24.3 Å². The van der Waals surface area contributed by atoms with Crippen LogP contribution in [0.5, 0.6) is 0 Å². The van der Waals surface area contributed by atoms with Gasteiger partial charge in [0.05, 0.1) is 11.0 Å². The first kappa shape index (κ1) is 16.5. The maximum Gasteiger partial charge on any atom is 0.449 e. The molecule has 0 aliphatic carbocycles. The largest absolute Gasteiger partial charge is 0.449 e. The van der Waals surface area contributed by atoms with E-state index in [9.17, 15) is 18.0 Å². The highest BCUT2D eigenvalue weighted by molar-refractivity contribution is 9.10. The summed E-state index contributed by atoms with van der Waals surface area (Å²) >= 11 is 3.34. The first-order valence-electron chi connectivity index (χ1n) is 6.92. The van der Waals surface area contributed by atoms with Crippen LogP contribution in [0, 0.1) is 0 Å². The highest BCUT2D eigenvalue weighted by atomic mass is 79.9. The molecule has 124 valence electrons. The van der Waals surface area contributed by atoms with Crippen LogP contribution in [0.15, 0.2) is 46.9 Å². The van der Waals surface area contributed by atoms with Crippen molar-refractivity contribution in [2.45, 2.75) is 12.7 Å². The van der Waals surface area contributed by atoms with Gasteiger partial charge in [-0.2, -0.15) is 13.2 Å². The fourth-order valence-corrected chi connectivity index (χ4v) is 2.66. The van der Waals surface area contributed by atoms with E-state index in [0.29, 0.717) is 6.54 Å². The number of hydrogen-bond donors (Lipinski definition) is 2. The zero-order valence-electron chi connectivity index (χ0n) is 12.1. The molecule has 0 saturated carbocycles. The summed E-state index contributed by atoms with van der Waals surface area (Å²) in [5.41, 5.74) is 1.48. The molecule has 3 rings (SSSR count). The van der Waals surface area contributed by atoms with Gasteiger partial charge in [0.25, 0.3) is 5.91 Å². The summed E-state index contributed by atoms with van der Waals surface area (Å²) in [7, 11) is 0. The second-order valence-corrected chi connectivity index (χ2v) is 6.04. The van der Waals surface area contributed by atoms with E-state index in [1.165, 1.54) is 18.2 Å². The lowest BCUT2D eigenvalue weighted by atomic mass is 10.1. The second-order valence-electron chi connectivity index (χ2n) is 5.13. The van der Waals surface area contributed by atoms with Crippen molar-refractivity contribution in [2.75, 3.05) is 0 Å². The first-order valence-corrected chi connectivity index (χ1v) is 7.72. The van der Waals surface area contributed by atoms with Crippen molar-refractivity contribution < 1.29 is 18.0 Å². The third-order valence-corrected chi connectivity index (χ3v) is 3.85. The second kappa shape index (κ2) is 6.27. The number of nitrogens with one attached hydrogen (secondary N) is 2. The fraction of sp³-hybridized carbons (Fsp3) is 0.125. The summed E-state index contributed by atoms with van der Waals surface area (Å²) < 4.78 is 38.8. The van der Waals surface area contributed by atoms with E-state index in [1.54, 1.807) is 0 Å². The molecule has 0 fully saturated rings. The molecule has 0 spiro atoms. The molecular formula is C16H11BrF3N3O. The van der Waals surface area contributed by atoms with E-state index < -0.39 is 12.0 Å². The number of carbonyl (C=O) groups excluding carboxylic acids is 1. The fourth-order valence-electron chi connectivity index (χ4n) is 2.22. The molecule has 1 aromatic heterocycles. The predicted molar refractivity (Wildman–Crippen MR) is 86.4 cm³/mol. The van der Waals surface area contributed by atoms with E-state index in [0.717, 1.165) is 10.0 Å². The number of imidazole rings is 1. The van der Waals surface area contributed by atoms with Crippen LogP contribution < -0.4 is 5.32 Å². The van der Waals surface area contributed by atoms with Crippen molar-refractivity contribution >= 4 is 32.9 Å². The molecule has 0 atom stereocenters. The van der Waals surface area contributed by atoms with Gasteiger partial charge < -0.3 is 10.3 Å². The number of hydrogen-bond acceptors (Lipinski definition) is 2. The van der Waals surface area contributed by atoms with Gasteiger partial charge in [0.15, 0.2) is 0 Å². The van der Waals surface area contributed by atoms with Crippen LogP contribution in [0.1, 0.15) is 21.7 Å². The summed E-state index contributed by atoms with van der Waals surface area (Å²) in [6.45, 7) is 0.313. The maximum atomic E-state index is 12.6. The van der Waals surface area contributed by atoms with Crippen LogP contribution in [-0.2, 0) is 12.7 Å². The number of fused-ring (bicyclic) bond motifs is 1. The van der Waals surface area contributed by atoms with Crippen molar-refractivity contribution in [3.8, 4) is 0 Å². The van der Waals surface area contributed by atoms with Crippen molar-refractivity contribution in [1.82, 2.24) is 15.3 Å². The summed E-state index contributed by atoms with van der Waals surface area (Å²) in [5, 5.41) is 2.73. The minimum absolute atomic E-state index is 0.158. The van der Waals surface area contributed by atoms with Crippen molar-refractivity contribution in [1.29, 1.82) is 0 Å². The van der Waals surface area contributed by atoms with Crippen LogP contribution in [0.25, 0.3) is 11.0 Å². The Kier molecular flexibility index (Phi) is 4.31. The number of rotatable bonds is 3. The van der Waals surface area contributed by atoms with E-state index in [2.05, 4.69) is 31.2 Å². The monoisotopic (exact) mass is 397 g/mol. The van der Waals surface area contributed by atoms with Gasteiger partial charge >= 0.3 is 6.18 Å². The Balaban J connectivity index is 1.77. The lowest BCUT2D eigenvalue weighted by Gasteiger charge is -2.06. The van der Waals surface area contributed by atoms with Gasteiger partial charge in [-0.05, 0) is 35.9 Å². The van der Waals surface area contributed by atoms with Crippen molar-refractivity contribution in [3.63, 3.8) is 0 Å². The lowest BCUT2D eigenvalue weighted by molar-refractivity contribution is -0.144. The zero-order valence-corrected chi connectivity index (χ0v) is 13.7. The van der Waals surface area contributed by atoms with Gasteiger partial charge in [-0.15, -0.1) is 0 Å². The molecule has 1 amide bonds. The van der Waals surface area contributed by atoms with Gasteiger partial charge in [-0.25, -0.2) is 4.98 Å². The van der Waals surface area contributed by atoms with E-state index in [-0.39, 0.29) is 22.5 Å². The smallest absolute Gasteiger partial charge is 0.348 e. The third-order valence-electron chi connectivity index (χ3n) is 3.35. The average molecular weight is 398 g/mol. The Morgan fingerprint density at radius 1 is 1.21 bits per heavy atom. The molecule has 3 aromatic rings. The Bertz CT molecular complexity index is 905. The van der Waals surface area contributed by atoms with Crippen LogP contribution in [0.3, 0.4) is 0 Å². The highest BCUT2D eigenvalue weighted by Gasteiger charge is 2.34. The normalized spacial score (nSPS) is 11.7. The van der Waals surface area contributed by atoms with E-state index >= 15 is 0 Å². The van der Waals surface area contributed by atoms with Gasteiger partial charge in [0.2, 0.25) is 5.82 Å². The SMILES string of the molecule is O=C(NCc1cccc(Br)c1)c1ccc2nc(C(F)(F)F)[nH]c2c1. The number of aromatic amines is 1. The van der Waals surface area contributed by atoms with Gasteiger partial charge in [-0.3, -0.25) is 4.79 Å². The molecule has 2 aromatic carbocycles. The summed E-state index contributed by atoms with van der Waals surface area (Å²) in [4.78, 5) is 17.8. The van der Waals surface area contributed by atoms with Crippen LogP contribution >= 0.6 is 15.9 Å². The molecule has 0 bridgehead atoms. The zero-order chi connectivity index (χ0) is 17.3. The molecule has 4 nitrogen and oxygen atoms in total. The molecule has 0 radical (unpaired) electrons. The highest BCUT2D eigenvalue weighted by Crippen LogP contribution is 2.28. The molecular weight excluding hydrogens is 387 g/mol. The number of benzene rings is 2. The Labute approximate surface area is 143 Å². The molecule has 0 aliphatic rings. The molecule has 0 aliphatic heterocycles. The maximum absolute atomic E-state index is 12.6. The number of amides is 1. The molecule has 24 heavy (non-hydrogen) atoms. The number of alkyl halides is 3. The number of H-pyrrole nitrogens is 1. The Morgan fingerprint density at radius 2 is 2.00 bits per heavy atom. The molecule has 0 saturated heterocycles. The summed E-state index contributed by atoms with van der Waals surface area (Å²) in [5.74, 6) is -1.45. The van der Waals surface area contributed by atoms with Gasteiger partial charge in [0.1, 0.15) is 0 Å². The van der Waals surface area contributed by atoms with Crippen molar-refractivity contribution in [2.24, 2.45) is 0 Å². The Morgan fingerprint density at radius 3 is 2.71 bits per heavy atom. The quantitative estimate of drug-likeness (QED) is 0.692. The average Bonchev–Trinajstić information content (AvgIpc) is 2.96. The third kappa shape index (κ3) is 3.59.